The van der Waals surface area contributed by atoms with E-state index in [2.05, 4.69) is 11.9 Å². The lowest BCUT2D eigenvalue weighted by Gasteiger charge is -2.36. The van der Waals surface area contributed by atoms with Crippen molar-refractivity contribution in [1.29, 1.82) is 0 Å². The van der Waals surface area contributed by atoms with Crippen LogP contribution in [0.15, 0.2) is 102 Å². The molecule has 5 rings (SSSR count). The fourth-order valence-corrected chi connectivity index (χ4v) is 6.20. The highest BCUT2D eigenvalue weighted by atomic mass is 35.5. The molecule has 1 saturated carbocycles. The van der Waals surface area contributed by atoms with Crippen LogP contribution in [-0.4, -0.2) is 33.6 Å². The summed E-state index contributed by atoms with van der Waals surface area (Å²) >= 11 is 6.31. The minimum Gasteiger partial charge on any atom is -0.403 e. The number of nitrogens with one attached hydrogen (secondary N) is 1. The number of rotatable bonds is 8. The van der Waals surface area contributed by atoms with Crippen molar-refractivity contribution in [1.82, 2.24) is 14.8 Å². The van der Waals surface area contributed by atoms with E-state index in [0.29, 0.717) is 38.5 Å². The molecule has 8 heteroatoms. The molecule has 0 aliphatic heterocycles. The highest BCUT2D eigenvalue weighted by Crippen LogP contribution is 2.40. The number of likely N-dealkylation sites (N-methyl/N-ethyl adjacent to an activating group) is 1. The van der Waals surface area contributed by atoms with Gasteiger partial charge >= 0.3 is 0 Å². The number of carbonyl (C=O) groups is 1. The van der Waals surface area contributed by atoms with Gasteiger partial charge in [0, 0.05) is 48.4 Å². The molecule has 1 amide bonds. The van der Waals surface area contributed by atoms with E-state index in [1.807, 2.05) is 30.3 Å². The molecular formula is C35H37ClN4O3. The number of benzene rings is 3. The van der Waals surface area contributed by atoms with Crippen LogP contribution < -0.4 is 16.6 Å². The normalized spacial score (nSPS) is 15.6. The average molecular weight is 597 g/mol. The maximum Gasteiger partial charge on any atom is 0.251 e. The summed E-state index contributed by atoms with van der Waals surface area (Å²) in [6.07, 6.45) is 8.37. The van der Waals surface area contributed by atoms with Crippen LogP contribution >= 0.6 is 11.6 Å². The van der Waals surface area contributed by atoms with Gasteiger partial charge in [-0.3, -0.25) is 9.59 Å². The van der Waals surface area contributed by atoms with E-state index in [0.717, 1.165) is 36.6 Å². The van der Waals surface area contributed by atoms with Crippen LogP contribution in [0.4, 0.5) is 0 Å². The minimum absolute atomic E-state index is 0.127. The molecule has 43 heavy (non-hydrogen) atoms. The summed E-state index contributed by atoms with van der Waals surface area (Å²) in [6, 6.07) is 21.5. The summed E-state index contributed by atoms with van der Waals surface area (Å²) in [5.41, 5.74) is 8.34. The Hall–Kier alpha value is -4.33. The Morgan fingerprint density at radius 1 is 1.07 bits per heavy atom. The van der Waals surface area contributed by atoms with Crippen LogP contribution in [0.2, 0.25) is 5.02 Å². The number of nitrogens with zero attached hydrogens (tertiary/aromatic N) is 2. The number of aromatic nitrogens is 1. The zero-order valence-corrected chi connectivity index (χ0v) is 25.3. The molecule has 0 spiro atoms. The number of amides is 1. The van der Waals surface area contributed by atoms with Crippen LogP contribution in [0, 0.1) is 0 Å². The lowest BCUT2D eigenvalue weighted by Crippen LogP contribution is -2.37. The molecule has 4 aromatic rings. The van der Waals surface area contributed by atoms with Gasteiger partial charge in [-0.05, 0) is 77.7 Å². The van der Waals surface area contributed by atoms with Crippen molar-refractivity contribution >= 4 is 28.4 Å². The molecule has 1 atom stereocenters. The second-order valence-corrected chi connectivity index (χ2v) is 11.6. The van der Waals surface area contributed by atoms with Gasteiger partial charge in [0.25, 0.3) is 11.5 Å². The highest BCUT2D eigenvalue weighted by molar-refractivity contribution is 6.30. The third-order valence-corrected chi connectivity index (χ3v) is 8.72. The van der Waals surface area contributed by atoms with E-state index in [9.17, 15) is 14.7 Å². The molecule has 1 heterocycles. The minimum atomic E-state index is -1.73. The first-order valence-electron chi connectivity index (χ1n) is 14.5. The zero-order chi connectivity index (χ0) is 30.7. The van der Waals surface area contributed by atoms with Crippen LogP contribution in [0.5, 0.6) is 0 Å². The molecule has 1 aliphatic rings. The van der Waals surface area contributed by atoms with Crippen LogP contribution in [0.3, 0.4) is 0 Å². The summed E-state index contributed by atoms with van der Waals surface area (Å²) in [7, 11) is 3.47. The SMILES string of the molecule is C=CN(C)/C(=C\N)C(O)(c1ccc(C(=O)NC2CCCCC2)cc1)c1ccc2c(c1)c(-c1cccc(Cl)c1)cc(=O)n2C. The molecule has 4 N–H and O–H groups in total. The van der Waals surface area contributed by atoms with Gasteiger partial charge in [0.1, 0.15) is 0 Å². The lowest BCUT2D eigenvalue weighted by molar-refractivity contribution is 0.0922. The largest absolute Gasteiger partial charge is 0.403 e. The molecule has 0 radical (unpaired) electrons. The third kappa shape index (κ3) is 5.83. The van der Waals surface area contributed by atoms with Crippen molar-refractivity contribution in [3.8, 4) is 11.1 Å². The first-order valence-corrected chi connectivity index (χ1v) is 14.9. The van der Waals surface area contributed by atoms with Gasteiger partial charge in [-0.1, -0.05) is 67.8 Å². The zero-order valence-electron chi connectivity index (χ0n) is 24.5. The number of carbonyl (C=O) groups excluding carboxylic acids is 1. The Kier molecular flexibility index (Phi) is 8.76. The van der Waals surface area contributed by atoms with Crippen LogP contribution in [-0.2, 0) is 12.6 Å². The Labute approximate surface area is 256 Å². The first kappa shape index (κ1) is 30.1. The van der Waals surface area contributed by atoms with E-state index in [1.54, 1.807) is 72.2 Å². The number of aliphatic hydroxyl groups is 1. The van der Waals surface area contributed by atoms with Crippen molar-refractivity contribution in [2.24, 2.45) is 12.8 Å². The topological polar surface area (TPSA) is 101 Å². The van der Waals surface area contributed by atoms with Gasteiger partial charge in [-0.25, -0.2) is 0 Å². The van der Waals surface area contributed by atoms with Crippen molar-refractivity contribution < 1.29 is 9.90 Å². The monoisotopic (exact) mass is 596 g/mol. The van der Waals surface area contributed by atoms with E-state index >= 15 is 0 Å². The number of nitrogens with two attached hydrogens (primary N) is 1. The van der Waals surface area contributed by atoms with Crippen molar-refractivity contribution in [2.75, 3.05) is 7.05 Å². The Morgan fingerprint density at radius 3 is 2.42 bits per heavy atom. The van der Waals surface area contributed by atoms with Crippen molar-refractivity contribution in [3.05, 3.63) is 130 Å². The number of fused-ring (bicyclic) bond motifs is 1. The van der Waals surface area contributed by atoms with Crippen molar-refractivity contribution in [2.45, 2.75) is 43.7 Å². The van der Waals surface area contributed by atoms with E-state index in [-0.39, 0.29) is 17.5 Å². The summed E-state index contributed by atoms with van der Waals surface area (Å²) < 4.78 is 1.57. The van der Waals surface area contributed by atoms with Gasteiger partial charge in [0.05, 0.1) is 11.2 Å². The molecular weight excluding hydrogens is 560 g/mol. The van der Waals surface area contributed by atoms with Crippen LogP contribution in [0.1, 0.15) is 53.6 Å². The standard InChI is InChI=1S/C35H37ClN4O3/c1-4-39(2)32(22-37)35(43,25-15-13-23(14-16-25)34(42)38-28-11-6-5-7-12-28)26-17-18-31-30(20-26)29(21-33(41)40(31)3)24-9-8-10-27(36)19-24/h4,8-10,13-22,28,43H,1,5-7,11-12,37H2,2-3H3,(H,38,42)/b32-22-. The number of pyridine rings is 1. The Morgan fingerprint density at radius 2 is 1.77 bits per heavy atom. The molecule has 1 unspecified atom stereocenters. The molecule has 222 valence electrons. The third-order valence-electron chi connectivity index (χ3n) is 8.49. The summed E-state index contributed by atoms with van der Waals surface area (Å²) in [6.45, 7) is 3.87. The number of aryl methyl sites for hydroxylation is 1. The van der Waals surface area contributed by atoms with Gasteiger partial charge in [0.15, 0.2) is 5.60 Å². The number of hydrogen-bond acceptors (Lipinski definition) is 5. The quantitative estimate of drug-likeness (QED) is 0.230. The summed E-state index contributed by atoms with van der Waals surface area (Å²) in [4.78, 5) is 27.6. The second kappa shape index (κ2) is 12.5. The first-order chi connectivity index (χ1) is 20.7. The van der Waals surface area contributed by atoms with Gasteiger partial charge in [0.2, 0.25) is 0 Å². The molecule has 1 aliphatic carbocycles. The molecule has 7 nitrogen and oxygen atoms in total. The molecule has 0 saturated heterocycles. The Balaban J connectivity index is 1.65. The highest BCUT2D eigenvalue weighted by Gasteiger charge is 2.38. The van der Waals surface area contributed by atoms with Crippen molar-refractivity contribution in [3.63, 3.8) is 0 Å². The molecule has 3 aromatic carbocycles. The molecule has 0 bridgehead atoms. The molecule has 1 aromatic heterocycles. The fraction of sp³-hybridized carbons (Fsp3) is 0.257. The van der Waals surface area contributed by atoms with Gasteiger partial charge in [-0.2, -0.15) is 0 Å². The summed E-state index contributed by atoms with van der Waals surface area (Å²) in [5, 5.41) is 17.1. The van der Waals surface area contributed by atoms with E-state index in [1.165, 1.54) is 12.6 Å². The lowest BCUT2D eigenvalue weighted by atomic mass is 9.81. The smallest absolute Gasteiger partial charge is 0.251 e. The van der Waals surface area contributed by atoms with Crippen LogP contribution in [0.25, 0.3) is 22.0 Å². The Bertz CT molecular complexity index is 1760. The van der Waals surface area contributed by atoms with Gasteiger partial charge < -0.3 is 25.6 Å². The fourth-order valence-electron chi connectivity index (χ4n) is 6.01. The predicted molar refractivity (Wildman–Crippen MR) is 174 cm³/mol. The summed E-state index contributed by atoms with van der Waals surface area (Å²) in [5.74, 6) is -0.127. The average Bonchev–Trinajstić information content (AvgIpc) is 3.03. The van der Waals surface area contributed by atoms with E-state index in [4.69, 9.17) is 17.3 Å². The maximum atomic E-state index is 13.0. The van der Waals surface area contributed by atoms with Gasteiger partial charge in [-0.15, -0.1) is 0 Å². The second-order valence-electron chi connectivity index (χ2n) is 11.1. The number of halogens is 1. The number of hydrogen-bond donors (Lipinski definition) is 3. The predicted octanol–water partition coefficient (Wildman–Crippen LogP) is 6.03. The maximum absolute atomic E-state index is 13.0. The molecule has 1 fully saturated rings. The van der Waals surface area contributed by atoms with E-state index < -0.39 is 5.60 Å².